The minimum absolute atomic E-state index is 0.173. The Morgan fingerprint density at radius 2 is 1.38 bits per heavy atom. The van der Waals surface area contributed by atoms with Crippen molar-refractivity contribution in [2.24, 2.45) is 0 Å². The van der Waals surface area contributed by atoms with E-state index in [1.54, 1.807) is 0 Å². The van der Waals surface area contributed by atoms with Crippen LogP contribution in [0.1, 0.15) is 26.2 Å². The van der Waals surface area contributed by atoms with E-state index in [1.165, 1.54) is 0 Å². The second-order valence-corrected chi connectivity index (χ2v) is 27.1. The Kier molecular flexibility index (Phi) is 12.0. The number of ether oxygens (including phenoxy) is 1. The van der Waals surface area contributed by atoms with E-state index in [0.29, 0.717) is 19.6 Å². The summed E-state index contributed by atoms with van der Waals surface area (Å²) in [4.78, 5) is 10.9. The maximum absolute atomic E-state index is 10.9. The van der Waals surface area contributed by atoms with E-state index in [2.05, 4.69) is 59.0 Å². The Balaban J connectivity index is 5.46. The van der Waals surface area contributed by atoms with Crippen molar-refractivity contribution in [1.82, 2.24) is 0 Å². The van der Waals surface area contributed by atoms with E-state index in [1.807, 2.05) is 6.92 Å². The lowest BCUT2D eigenvalue weighted by Crippen LogP contribution is -2.61. The minimum atomic E-state index is -2.92. The van der Waals surface area contributed by atoms with Gasteiger partial charge in [-0.25, -0.2) is 0 Å². The van der Waals surface area contributed by atoms with E-state index in [4.69, 9.17) is 22.2 Å². The molecule has 0 aliphatic carbocycles. The molecule has 0 heterocycles. The molecule has 0 spiro atoms. The quantitative estimate of drug-likeness (QED) is 0.173. The van der Waals surface area contributed by atoms with Gasteiger partial charge in [-0.3, -0.25) is 4.79 Å². The summed E-state index contributed by atoms with van der Waals surface area (Å²) in [6.45, 7) is 24.3. The molecule has 1 N–H and O–H groups in total. The molecule has 172 valence electrons. The van der Waals surface area contributed by atoms with Crippen LogP contribution in [0.15, 0.2) is 12.2 Å². The van der Waals surface area contributed by atoms with Gasteiger partial charge in [-0.15, -0.1) is 0 Å². The fourth-order valence-electron chi connectivity index (χ4n) is 2.92. The number of hydrogen-bond donors (Lipinski definition) is 1. The highest BCUT2D eigenvalue weighted by Gasteiger charge is 2.50. The summed E-state index contributed by atoms with van der Waals surface area (Å²) >= 11 is 0. The first-order valence-corrected chi connectivity index (χ1v) is 22.4. The van der Waals surface area contributed by atoms with Crippen LogP contribution in [0.3, 0.4) is 0 Å². The van der Waals surface area contributed by atoms with Gasteiger partial charge in [0, 0.05) is 19.1 Å². The molecule has 0 aliphatic heterocycles. The summed E-state index contributed by atoms with van der Waals surface area (Å²) in [6.07, 6.45) is 1.61. The van der Waals surface area contributed by atoms with Crippen molar-refractivity contribution in [2.45, 2.75) is 90.7 Å². The third-order valence-corrected chi connectivity index (χ3v) is 17.0. The van der Waals surface area contributed by atoms with Crippen LogP contribution in [0.5, 0.6) is 0 Å². The molecule has 0 bridgehead atoms. The van der Waals surface area contributed by atoms with Crippen LogP contribution >= 0.6 is 0 Å². The largest absolute Gasteiger partial charge is 0.481 e. The number of carboxylic acids is 1. The SMILES string of the molecule is C=C(C)COCCC[Si](O[Si](C)(C)C)(O[Si](C)(C)C)O[Si](C)(C)CCCC(=O)O. The molecular formula is C19H44O6Si4. The van der Waals surface area contributed by atoms with Crippen molar-refractivity contribution < 1.29 is 27.0 Å². The van der Waals surface area contributed by atoms with Crippen LogP contribution in [0.25, 0.3) is 0 Å². The van der Waals surface area contributed by atoms with Crippen molar-refractivity contribution >= 4 is 39.7 Å². The molecule has 0 aromatic carbocycles. The first-order valence-electron chi connectivity index (χ1n) is 10.5. The van der Waals surface area contributed by atoms with Crippen LogP contribution < -0.4 is 0 Å². The number of rotatable bonds is 16. The van der Waals surface area contributed by atoms with Gasteiger partial charge in [0.25, 0.3) is 0 Å². The van der Waals surface area contributed by atoms with Gasteiger partial charge < -0.3 is 22.2 Å². The summed E-state index contributed by atoms with van der Waals surface area (Å²) in [5, 5.41) is 8.98. The van der Waals surface area contributed by atoms with Crippen LogP contribution in [0.4, 0.5) is 0 Å². The molecule has 0 rings (SSSR count). The van der Waals surface area contributed by atoms with Crippen molar-refractivity contribution in [3.05, 3.63) is 12.2 Å². The van der Waals surface area contributed by atoms with Gasteiger partial charge in [0.05, 0.1) is 6.61 Å². The fourth-order valence-corrected chi connectivity index (χ4v) is 18.6. The summed E-state index contributed by atoms with van der Waals surface area (Å²) in [5.74, 6) is -0.760. The van der Waals surface area contributed by atoms with Gasteiger partial charge in [0.15, 0.2) is 25.0 Å². The maximum atomic E-state index is 10.9. The van der Waals surface area contributed by atoms with Crippen molar-refractivity contribution in [3.8, 4) is 0 Å². The molecule has 6 nitrogen and oxygen atoms in total. The number of carboxylic acid groups (broad SMARTS) is 1. The molecule has 0 atom stereocenters. The molecule has 0 radical (unpaired) electrons. The third-order valence-electron chi connectivity index (χ3n) is 3.64. The Morgan fingerprint density at radius 3 is 1.79 bits per heavy atom. The Bertz CT molecular complexity index is 510. The van der Waals surface area contributed by atoms with Crippen molar-refractivity contribution in [1.29, 1.82) is 0 Å². The second-order valence-electron chi connectivity index (χ2n) is 10.3. The van der Waals surface area contributed by atoms with Gasteiger partial charge in [-0.05, 0) is 78.2 Å². The maximum Gasteiger partial charge on any atom is 0.469 e. The molecule has 0 amide bonds. The lowest BCUT2D eigenvalue weighted by molar-refractivity contribution is -0.137. The number of carbonyl (C=O) groups is 1. The van der Waals surface area contributed by atoms with E-state index < -0.39 is 39.7 Å². The average molecular weight is 481 g/mol. The van der Waals surface area contributed by atoms with Crippen molar-refractivity contribution in [3.63, 3.8) is 0 Å². The Labute approximate surface area is 182 Å². The fraction of sp³-hybridized carbons (Fsp3) is 0.842. The minimum Gasteiger partial charge on any atom is -0.481 e. The average Bonchev–Trinajstić information content (AvgIpc) is 2.40. The smallest absolute Gasteiger partial charge is 0.469 e. The van der Waals surface area contributed by atoms with Crippen LogP contribution in [0, 0.1) is 0 Å². The second kappa shape index (κ2) is 12.1. The first kappa shape index (κ1) is 28.9. The number of aliphatic carboxylic acids is 1. The van der Waals surface area contributed by atoms with Crippen LogP contribution in [0.2, 0.25) is 64.5 Å². The van der Waals surface area contributed by atoms with Crippen LogP contribution in [-0.2, 0) is 21.9 Å². The Hall–Kier alpha value is -0.0825. The van der Waals surface area contributed by atoms with E-state index in [-0.39, 0.29) is 6.42 Å². The molecule has 0 saturated heterocycles. The molecule has 29 heavy (non-hydrogen) atoms. The highest BCUT2D eigenvalue weighted by molar-refractivity contribution is 6.90. The monoisotopic (exact) mass is 480 g/mol. The highest BCUT2D eigenvalue weighted by Crippen LogP contribution is 2.31. The molecule has 0 aliphatic rings. The van der Waals surface area contributed by atoms with Gasteiger partial charge in [0.1, 0.15) is 0 Å². The summed E-state index contributed by atoms with van der Waals surface area (Å²) in [5.41, 5.74) is 1.01. The van der Waals surface area contributed by atoms with E-state index >= 15 is 0 Å². The molecule has 0 unspecified atom stereocenters. The molecular weight excluding hydrogens is 437 g/mol. The normalized spacial score (nSPS) is 13.6. The predicted molar refractivity (Wildman–Crippen MR) is 130 cm³/mol. The zero-order chi connectivity index (χ0) is 22.9. The zero-order valence-corrected chi connectivity index (χ0v) is 24.1. The number of hydrogen-bond acceptors (Lipinski definition) is 5. The lowest BCUT2D eigenvalue weighted by Gasteiger charge is -2.43. The van der Waals surface area contributed by atoms with Crippen molar-refractivity contribution in [2.75, 3.05) is 13.2 Å². The molecule has 0 aromatic rings. The lowest BCUT2D eigenvalue weighted by atomic mass is 10.3. The topological polar surface area (TPSA) is 74.2 Å². The van der Waals surface area contributed by atoms with E-state index in [0.717, 1.165) is 24.1 Å². The molecule has 0 fully saturated rings. The molecule has 0 aromatic heterocycles. The predicted octanol–water partition coefficient (Wildman–Crippen LogP) is 5.70. The van der Waals surface area contributed by atoms with Gasteiger partial charge in [-0.2, -0.15) is 0 Å². The Morgan fingerprint density at radius 1 is 0.862 bits per heavy atom. The summed E-state index contributed by atoms with van der Waals surface area (Å²) in [7, 11) is -8.92. The first-order chi connectivity index (χ1) is 13.0. The summed E-state index contributed by atoms with van der Waals surface area (Å²) in [6, 6.07) is 1.51. The zero-order valence-electron chi connectivity index (χ0n) is 20.1. The van der Waals surface area contributed by atoms with E-state index in [9.17, 15) is 4.79 Å². The molecule has 0 saturated carbocycles. The van der Waals surface area contributed by atoms with Crippen LogP contribution in [-0.4, -0.2) is 58.0 Å². The van der Waals surface area contributed by atoms with Gasteiger partial charge >= 0.3 is 14.8 Å². The highest BCUT2D eigenvalue weighted by atomic mass is 28.5. The molecule has 10 heteroatoms. The standard InChI is InChI=1S/C19H44O6Si4/c1-18(2)17-22-14-12-16-29(23-26(3,4)5,24-27(6,7)8)25-28(9,10)15-11-13-19(20)21/h1,11-17H2,2-10H3,(H,20,21). The van der Waals surface area contributed by atoms with Gasteiger partial charge in [-0.1, -0.05) is 12.2 Å². The third kappa shape index (κ3) is 16.3. The van der Waals surface area contributed by atoms with Gasteiger partial charge in [0.2, 0.25) is 0 Å². The summed E-state index contributed by atoms with van der Waals surface area (Å²) < 4.78 is 25.9.